The lowest BCUT2D eigenvalue weighted by molar-refractivity contribution is 0.477. The van der Waals surface area contributed by atoms with Gasteiger partial charge in [0.1, 0.15) is 11.5 Å². The SMILES string of the molecule is Oc1ccccc1-c1cc(-c2ccc(Cl)cc2)cc(-c2ccccc2O)n1. The van der Waals surface area contributed by atoms with E-state index in [-0.39, 0.29) is 11.5 Å². The van der Waals surface area contributed by atoms with Gasteiger partial charge in [-0.2, -0.15) is 0 Å². The highest BCUT2D eigenvalue weighted by molar-refractivity contribution is 6.30. The van der Waals surface area contributed by atoms with Crippen molar-refractivity contribution in [3.63, 3.8) is 0 Å². The lowest BCUT2D eigenvalue weighted by Gasteiger charge is -2.12. The minimum Gasteiger partial charge on any atom is -0.507 e. The maximum Gasteiger partial charge on any atom is 0.124 e. The van der Waals surface area contributed by atoms with Crippen molar-refractivity contribution in [1.29, 1.82) is 0 Å². The smallest absolute Gasteiger partial charge is 0.124 e. The number of aromatic nitrogens is 1. The Labute approximate surface area is 162 Å². The summed E-state index contributed by atoms with van der Waals surface area (Å²) in [5, 5.41) is 21.2. The van der Waals surface area contributed by atoms with Crippen molar-refractivity contribution in [2.75, 3.05) is 0 Å². The third-order valence-corrected chi connectivity index (χ3v) is 4.61. The highest BCUT2D eigenvalue weighted by Gasteiger charge is 2.13. The number of hydrogen-bond donors (Lipinski definition) is 2. The van der Waals surface area contributed by atoms with Crippen LogP contribution in [0.2, 0.25) is 5.02 Å². The number of phenolic OH excluding ortho intramolecular Hbond substituents is 2. The highest BCUT2D eigenvalue weighted by atomic mass is 35.5. The monoisotopic (exact) mass is 373 g/mol. The molecule has 0 amide bonds. The van der Waals surface area contributed by atoms with Crippen LogP contribution < -0.4 is 0 Å². The fraction of sp³-hybridized carbons (Fsp3) is 0. The molecular formula is C23H16ClNO2. The molecule has 3 aromatic carbocycles. The van der Waals surface area contributed by atoms with Gasteiger partial charge in [0.25, 0.3) is 0 Å². The summed E-state index contributed by atoms with van der Waals surface area (Å²) in [6, 6.07) is 25.5. The van der Waals surface area contributed by atoms with Crippen LogP contribution in [0.1, 0.15) is 0 Å². The Kier molecular flexibility index (Phi) is 4.53. The Hall–Kier alpha value is -3.30. The van der Waals surface area contributed by atoms with Crippen LogP contribution in [0, 0.1) is 0 Å². The first kappa shape index (κ1) is 17.1. The molecule has 0 aliphatic rings. The summed E-state index contributed by atoms with van der Waals surface area (Å²) < 4.78 is 0. The van der Waals surface area contributed by atoms with Crippen LogP contribution in [-0.2, 0) is 0 Å². The summed E-state index contributed by atoms with van der Waals surface area (Å²) in [6.45, 7) is 0. The molecule has 2 N–H and O–H groups in total. The number of phenols is 2. The van der Waals surface area contributed by atoms with E-state index in [0.29, 0.717) is 27.5 Å². The number of rotatable bonds is 3. The van der Waals surface area contributed by atoms with E-state index in [2.05, 4.69) is 0 Å². The molecule has 1 aromatic heterocycles. The van der Waals surface area contributed by atoms with Gasteiger partial charge in [0.05, 0.1) is 11.4 Å². The minimum absolute atomic E-state index is 0.154. The molecule has 0 atom stereocenters. The normalized spacial score (nSPS) is 10.7. The Morgan fingerprint density at radius 3 is 1.56 bits per heavy atom. The number of pyridine rings is 1. The van der Waals surface area contributed by atoms with Gasteiger partial charge in [-0.25, -0.2) is 4.98 Å². The third kappa shape index (κ3) is 3.50. The summed E-state index contributed by atoms with van der Waals surface area (Å²) in [5.41, 5.74) is 4.39. The second-order valence-corrected chi connectivity index (χ2v) is 6.60. The number of benzene rings is 3. The number of halogens is 1. The topological polar surface area (TPSA) is 53.4 Å². The summed E-state index contributed by atoms with van der Waals surface area (Å²) in [5.74, 6) is 0.308. The lowest BCUT2D eigenvalue weighted by atomic mass is 9.99. The predicted octanol–water partition coefficient (Wildman–Crippen LogP) is 6.15. The maximum atomic E-state index is 10.3. The number of hydrogen-bond acceptors (Lipinski definition) is 3. The van der Waals surface area contributed by atoms with Crippen molar-refractivity contribution in [1.82, 2.24) is 4.98 Å². The Morgan fingerprint density at radius 1 is 0.593 bits per heavy atom. The fourth-order valence-electron chi connectivity index (χ4n) is 3.00. The van der Waals surface area contributed by atoms with Gasteiger partial charge in [0, 0.05) is 16.1 Å². The van der Waals surface area contributed by atoms with E-state index in [9.17, 15) is 10.2 Å². The fourth-order valence-corrected chi connectivity index (χ4v) is 3.12. The van der Waals surface area contributed by atoms with Crippen molar-refractivity contribution in [3.05, 3.63) is 90.0 Å². The molecular weight excluding hydrogens is 358 g/mol. The van der Waals surface area contributed by atoms with Crippen LogP contribution in [0.5, 0.6) is 11.5 Å². The first-order valence-corrected chi connectivity index (χ1v) is 8.84. The molecule has 4 rings (SSSR count). The molecule has 0 saturated carbocycles. The standard InChI is InChI=1S/C23H16ClNO2/c24-17-11-9-15(10-12-17)16-13-20(18-5-1-3-7-22(18)26)25-21(14-16)19-6-2-4-8-23(19)27/h1-14,26-27H. The lowest BCUT2D eigenvalue weighted by Crippen LogP contribution is -1.92. The van der Waals surface area contributed by atoms with Gasteiger partial charge in [-0.1, -0.05) is 48.0 Å². The quantitative estimate of drug-likeness (QED) is 0.453. The molecule has 27 heavy (non-hydrogen) atoms. The van der Waals surface area contributed by atoms with Crippen LogP contribution in [-0.4, -0.2) is 15.2 Å². The van der Waals surface area contributed by atoms with Crippen molar-refractivity contribution in [3.8, 4) is 45.1 Å². The third-order valence-electron chi connectivity index (χ3n) is 4.36. The molecule has 0 aliphatic heterocycles. The van der Waals surface area contributed by atoms with Crippen LogP contribution in [0.25, 0.3) is 33.6 Å². The molecule has 3 nitrogen and oxygen atoms in total. The molecule has 4 heteroatoms. The van der Waals surface area contributed by atoms with Crippen LogP contribution in [0.15, 0.2) is 84.9 Å². The van der Waals surface area contributed by atoms with Crippen LogP contribution in [0.3, 0.4) is 0 Å². The molecule has 4 aromatic rings. The second kappa shape index (κ2) is 7.14. The number of para-hydroxylation sites is 2. The molecule has 0 bridgehead atoms. The number of aromatic hydroxyl groups is 2. The van der Waals surface area contributed by atoms with E-state index < -0.39 is 0 Å². The summed E-state index contributed by atoms with van der Waals surface area (Å²) >= 11 is 6.02. The molecule has 0 unspecified atom stereocenters. The molecule has 132 valence electrons. The Morgan fingerprint density at radius 2 is 1.07 bits per heavy atom. The first-order valence-electron chi connectivity index (χ1n) is 8.46. The summed E-state index contributed by atoms with van der Waals surface area (Å²) in [7, 11) is 0. The number of nitrogens with zero attached hydrogens (tertiary/aromatic N) is 1. The minimum atomic E-state index is 0.154. The van der Waals surface area contributed by atoms with E-state index >= 15 is 0 Å². The van der Waals surface area contributed by atoms with E-state index in [1.807, 2.05) is 60.7 Å². The van der Waals surface area contributed by atoms with E-state index in [4.69, 9.17) is 16.6 Å². The molecule has 0 saturated heterocycles. The van der Waals surface area contributed by atoms with E-state index in [1.165, 1.54) is 0 Å². The zero-order valence-corrected chi connectivity index (χ0v) is 15.1. The van der Waals surface area contributed by atoms with Gasteiger partial charge in [-0.05, 0) is 59.7 Å². The Bertz CT molecular complexity index is 1040. The van der Waals surface area contributed by atoms with E-state index in [1.54, 1.807) is 24.3 Å². The first-order chi connectivity index (χ1) is 13.1. The molecule has 0 spiro atoms. The van der Waals surface area contributed by atoms with Gasteiger partial charge in [-0.3, -0.25) is 0 Å². The van der Waals surface area contributed by atoms with Crippen molar-refractivity contribution in [2.45, 2.75) is 0 Å². The van der Waals surface area contributed by atoms with E-state index in [0.717, 1.165) is 11.1 Å². The molecule has 1 heterocycles. The second-order valence-electron chi connectivity index (χ2n) is 6.17. The Balaban J connectivity index is 1.95. The molecule has 0 aliphatic carbocycles. The van der Waals surface area contributed by atoms with Gasteiger partial charge in [0.2, 0.25) is 0 Å². The summed E-state index contributed by atoms with van der Waals surface area (Å²) in [4.78, 5) is 4.69. The van der Waals surface area contributed by atoms with Gasteiger partial charge < -0.3 is 10.2 Å². The molecule has 0 fully saturated rings. The average Bonchev–Trinajstić information content (AvgIpc) is 2.69. The zero-order chi connectivity index (χ0) is 18.8. The van der Waals surface area contributed by atoms with Crippen LogP contribution >= 0.6 is 11.6 Å². The van der Waals surface area contributed by atoms with Crippen molar-refractivity contribution in [2.24, 2.45) is 0 Å². The molecule has 0 radical (unpaired) electrons. The maximum absolute atomic E-state index is 10.3. The summed E-state index contributed by atoms with van der Waals surface area (Å²) in [6.07, 6.45) is 0. The van der Waals surface area contributed by atoms with Gasteiger partial charge >= 0.3 is 0 Å². The predicted molar refractivity (Wildman–Crippen MR) is 109 cm³/mol. The van der Waals surface area contributed by atoms with Crippen LogP contribution in [0.4, 0.5) is 0 Å². The van der Waals surface area contributed by atoms with Gasteiger partial charge in [-0.15, -0.1) is 0 Å². The zero-order valence-electron chi connectivity index (χ0n) is 14.3. The largest absolute Gasteiger partial charge is 0.507 e. The highest BCUT2D eigenvalue weighted by Crippen LogP contribution is 2.36. The van der Waals surface area contributed by atoms with Crippen molar-refractivity contribution >= 4 is 11.6 Å². The van der Waals surface area contributed by atoms with Crippen molar-refractivity contribution < 1.29 is 10.2 Å². The average molecular weight is 374 g/mol. The van der Waals surface area contributed by atoms with Gasteiger partial charge in [0.15, 0.2) is 0 Å².